The van der Waals surface area contributed by atoms with Crippen LogP contribution in [-0.4, -0.2) is 44.5 Å². The van der Waals surface area contributed by atoms with Gasteiger partial charge in [-0.1, -0.05) is 60.7 Å². The number of methoxy groups -OCH3 is 1. The van der Waals surface area contributed by atoms with Gasteiger partial charge in [0.2, 0.25) is 5.65 Å². The number of rotatable bonds is 6. The highest BCUT2D eigenvalue weighted by molar-refractivity contribution is 6.08. The summed E-state index contributed by atoms with van der Waals surface area (Å²) in [6.07, 6.45) is 1.55. The monoisotopic (exact) mass is 449 g/mol. The lowest BCUT2D eigenvalue weighted by atomic mass is 9.95. The Kier molecular flexibility index (Phi) is 5.73. The van der Waals surface area contributed by atoms with E-state index in [1.807, 2.05) is 84.9 Å². The van der Waals surface area contributed by atoms with Gasteiger partial charge in [0.25, 0.3) is 5.91 Å². The van der Waals surface area contributed by atoms with E-state index in [9.17, 15) is 4.79 Å². The number of hydrogen-bond acceptors (Lipinski definition) is 7. The molecule has 2 aromatic heterocycles. The van der Waals surface area contributed by atoms with Crippen LogP contribution < -0.4 is 10.2 Å². The van der Waals surface area contributed by atoms with Crippen molar-refractivity contribution in [3.05, 3.63) is 96.1 Å². The van der Waals surface area contributed by atoms with Gasteiger partial charge in [0.15, 0.2) is 0 Å². The Morgan fingerprint density at radius 2 is 1.62 bits per heavy atom. The largest absolute Gasteiger partial charge is 0.497 e. The molecule has 0 unspecified atom stereocenters. The maximum absolute atomic E-state index is 13.4. The summed E-state index contributed by atoms with van der Waals surface area (Å²) < 4.78 is 6.43. The Bertz CT molecular complexity index is 1460. The van der Waals surface area contributed by atoms with Gasteiger partial charge in [-0.05, 0) is 45.8 Å². The summed E-state index contributed by atoms with van der Waals surface area (Å²) in [5, 5.41) is 20.5. The highest BCUT2D eigenvalue weighted by atomic mass is 16.5. The molecule has 0 spiro atoms. The van der Waals surface area contributed by atoms with E-state index in [-0.39, 0.29) is 11.2 Å². The van der Waals surface area contributed by atoms with Crippen LogP contribution in [0.1, 0.15) is 15.9 Å². The van der Waals surface area contributed by atoms with E-state index in [4.69, 9.17) is 4.74 Å². The highest BCUT2D eigenvalue weighted by Gasteiger charge is 2.25. The van der Waals surface area contributed by atoms with Crippen molar-refractivity contribution in [1.82, 2.24) is 30.7 Å². The van der Waals surface area contributed by atoms with E-state index < -0.39 is 5.91 Å². The molecular weight excluding hydrogens is 430 g/mol. The van der Waals surface area contributed by atoms with E-state index in [0.717, 1.165) is 22.4 Å². The summed E-state index contributed by atoms with van der Waals surface area (Å²) in [7, 11) is 1.60. The van der Waals surface area contributed by atoms with E-state index >= 15 is 0 Å². The predicted octanol–water partition coefficient (Wildman–Crippen LogP) is 3.63. The molecule has 1 N–H and O–H groups in total. The molecule has 9 heteroatoms. The molecule has 34 heavy (non-hydrogen) atoms. The maximum atomic E-state index is 13.4. The van der Waals surface area contributed by atoms with Crippen LogP contribution in [0.3, 0.4) is 0 Å². The van der Waals surface area contributed by atoms with Crippen LogP contribution in [0.5, 0.6) is 5.75 Å². The molecule has 9 nitrogen and oxygen atoms in total. The average molecular weight is 449 g/mol. The molecule has 0 aliphatic rings. The smallest absolute Gasteiger partial charge is 0.276 e. The molecule has 0 aliphatic carbocycles. The number of tetrazole rings is 1. The molecule has 0 bridgehead atoms. The van der Waals surface area contributed by atoms with Gasteiger partial charge >= 0.3 is 0 Å². The van der Waals surface area contributed by atoms with Crippen LogP contribution in [0.15, 0.2) is 90.0 Å². The lowest BCUT2D eigenvalue weighted by Gasteiger charge is -2.14. The number of amides is 1. The number of hydrogen-bond donors (Lipinski definition) is 1. The SMILES string of the molecule is COc1ccc(/C=N/NC(=O)c2c(-c3ccccc3)c(-c3ccccc3)nn3nnnc23)cc1. The number of nitrogens with one attached hydrogen (secondary N) is 1. The number of aromatic nitrogens is 5. The van der Waals surface area contributed by atoms with Crippen molar-refractivity contribution in [3.63, 3.8) is 0 Å². The molecule has 1 amide bonds. The minimum absolute atomic E-state index is 0.232. The predicted molar refractivity (Wildman–Crippen MR) is 128 cm³/mol. The zero-order valence-corrected chi connectivity index (χ0v) is 18.2. The molecule has 0 fully saturated rings. The van der Waals surface area contributed by atoms with Crippen LogP contribution in [0.4, 0.5) is 0 Å². The molecule has 3 aromatic carbocycles. The molecule has 0 aliphatic heterocycles. The maximum Gasteiger partial charge on any atom is 0.276 e. The molecule has 0 radical (unpaired) electrons. The van der Waals surface area contributed by atoms with Gasteiger partial charge in [-0.25, -0.2) is 5.43 Å². The molecule has 5 rings (SSSR count). The molecule has 0 saturated carbocycles. The number of hydrazone groups is 1. The van der Waals surface area contributed by atoms with Crippen molar-refractivity contribution in [2.45, 2.75) is 0 Å². The normalized spacial score (nSPS) is 11.1. The molecule has 2 heterocycles. The standard InChI is InChI=1S/C25H19N7O2/c1-34-20-14-12-17(13-15-20)16-26-28-25(33)22-21(18-8-4-2-5-9-18)23(19-10-6-3-7-11-19)29-32-24(22)27-30-31-32/h2-16H,1H3,(H,28,33)/b26-16+. The van der Waals surface area contributed by atoms with Crippen LogP contribution in [0, 0.1) is 0 Å². The first-order chi connectivity index (χ1) is 16.7. The van der Waals surface area contributed by atoms with Crippen molar-refractivity contribution < 1.29 is 9.53 Å². The first kappa shape index (κ1) is 21.0. The molecule has 0 atom stereocenters. The third-order valence-electron chi connectivity index (χ3n) is 5.19. The van der Waals surface area contributed by atoms with Gasteiger partial charge in [0.1, 0.15) is 11.4 Å². The third-order valence-corrected chi connectivity index (χ3v) is 5.19. The summed E-state index contributed by atoms with van der Waals surface area (Å²) >= 11 is 0. The number of carbonyl (C=O) groups excluding carboxylic acids is 1. The Labute approximate surface area is 194 Å². The van der Waals surface area contributed by atoms with Crippen LogP contribution in [-0.2, 0) is 0 Å². The van der Waals surface area contributed by atoms with Crippen LogP contribution in [0.25, 0.3) is 28.0 Å². The van der Waals surface area contributed by atoms with E-state index in [2.05, 4.69) is 31.2 Å². The topological polar surface area (TPSA) is 107 Å². The lowest BCUT2D eigenvalue weighted by Crippen LogP contribution is -2.21. The summed E-state index contributed by atoms with van der Waals surface area (Å²) in [5.74, 6) is 0.281. The highest BCUT2D eigenvalue weighted by Crippen LogP contribution is 2.34. The van der Waals surface area contributed by atoms with Gasteiger partial charge in [0, 0.05) is 11.1 Å². The molecular formula is C25H19N7O2. The van der Waals surface area contributed by atoms with Gasteiger partial charge < -0.3 is 4.74 Å². The number of benzene rings is 3. The van der Waals surface area contributed by atoms with Crippen LogP contribution in [0.2, 0.25) is 0 Å². The third kappa shape index (κ3) is 4.09. The lowest BCUT2D eigenvalue weighted by molar-refractivity contribution is 0.0956. The Hall–Kier alpha value is -4.92. The van der Waals surface area contributed by atoms with Crippen molar-refractivity contribution in [2.75, 3.05) is 7.11 Å². The average Bonchev–Trinajstić information content (AvgIpc) is 3.37. The van der Waals surface area contributed by atoms with Crippen LogP contribution >= 0.6 is 0 Å². The van der Waals surface area contributed by atoms with Crippen molar-refractivity contribution in [3.8, 4) is 28.1 Å². The minimum Gasteiger partial charge on any atom is -0.497 e. The summed E-state index contributed by atoms with van der Waals surface area (Å²) in [4.78, 5) is 13.4. The van der Waals surface area contributed by atoms with E-state index in [1.54, 1.807) is 13.3 Å². The quantitative estimate of drug-likeness (QED) is 0.313. The second kappa shape index (κ2) is 9.29. The Morgan fingerprint density at radius 1 is 0.941 bits per heavy atom. The van der Waals surface area contributed by atoms with Crippen molar-refractivity contribution in [1.29, 1.82) is 0 Å². The zero-order chi connectivity index (χ0) is 23.3. The van der Waals surface area contributed by atoms with Gasteiger partial charge in [-0.15, -0.1) is 14.8 Å². The summed E-state index contributed by atoms with van der Waals surface area (Å²) in [6, 6.07) is 26.5. The van der Waals surface area contributed by atoms with Gasteiger partial charge in [0.05, 0.1) is 18.9 Å². The Morgan fingerprint density at radius 3 is 2.29 bits per heavy atom. The van der Waals surface area contributed by atoms with Gasteiger partial charge in [-0.2, -0.15) is 5.10 Å². The first-order valence-electron chi connectivity index (χ1n) is 10.5. The van der Waals surface area contributed by atoms with E-state index in [1.165, 1.54) is 4.63 Å². The van der Waals surface area contributed by atoms with E-state index in [0.29, 0.717) is 11.3 Å². The second-order valence-corrected chi connectivity index (χ2v) is 7.29. The zero-order valence-electron chi connectivity index (χ0n) is 18.2. The fourth-order valence-corrected chi connectivity index (χ4v) is 3.59. The fraction of sp³-hybridized carbons (Fsp3) is 0.0400. The number of fused-ring (bicyclic) bond motifs is 1. The minimum atomic E-state index is -0.456. The number of ether oxygens (including phenoxy) is 1. The second-order valence-electron chi connectivity index (χ2n) is 7.29. The molecule has 5 aromatic rings. The van der Waals surface area contributed by atoms with Crippen molar-refractivity contribution >= 4 is 17.8 Å². The summed E-state index contributed by atoms with van der Waals surface area (Å²) in [6.45, 7) is 0. The molecule has 166 valence electrons. The first-order valence-corrected chi connectivity index (χ1v) is 10.5. The van der Waals surface area contributed by atoms with Crippen molar-refractivity contribution in [2.24, 2.45) is 5.10 Å². The molecule has 0 saturated heterocycles. The van der Waals surface area contributed by atoms with Gasteiger partial charge in [-0.3, -0.25) is 4.79 Å². The number of nitrogens with zero attached hydrogens (tertiary/aromatic N) is 6. The Balaban J connectivity index is 1.61. The fourth-order valence-electron chi connectivity index (χ4n) is 3.59. The summed E-state index contributed by atoms with van der Waals surface area (Å²) in [5.41, 5.74) is 6.75. The number of carbonyl (C=O) groups is 1.